The average Bonchev–Trinajstić information content (AvgIpc) is 3.55. The Morgan fingerprint density at radius 2 is 2.03 bits per heavy atom. The minimum absolute atomic E-state index is 0.0292. The summed E-state index contributed by atoms with van der Waals surface area (Å²) in [5.74, 6) is 0.169. The van der Waals surface area contributed by atoms with E-state index in [1.54, 1.807) is 11.3 Å². The zero-order valence-corrected chi connectivity index (χ0v) is 19.5. The quantitative estimate of drug-likeness (QED) is 0.275. The fourth-order valence-corrected chi connectivity index (χ4v) is 4.62. The van der Waals surface area contributed by atoms with Crippen molar-refractivity contribution in [2.75, 3.05) is 24.5 Å². The van der Waals surface area contributed by atoms with E-state index >= 15 is 0 Å². The minimum atomic E-state index is -0.577. The number of carbonyl (C=O) groups is 3. The number of fused-ring (bicyclic) bond motifs is 1. The topological polar surface area (TPSA) is 122 Å². The summed E-state index contributed by atoms with van der Waals surface area (Å²) >= 11 is 2.75. The summed E-state index contributed by atoms with van der Waals surface area (Å²) in [6, 6.07) is 6.92. The van der Waals surface area contributed by atoms with Gasteiger partial charge in [-0.25, -0.2) is 0 Å². The van der Waals surface area contributed by atoms with Gasteiger partial charge >= 0.3 is 5.97 Å². The number of rotatable bonds is 9. The lowest BCUT2D eigenvalue weighted by Crippen LogP contribution is -2.22. The number of amides is 1. The predicted octanol–water partition coefficient (Wildman–Crippen LogP) is 3.23. The third-order valence-corrected chi connectivity index (χ3v) is 6.43. The molecule has 0 atom stereocenters. The fourth-order valence-electron chi connectivity index (χ4n) is 3.10. The number of benzene rings is 1. The number of thioether (sulfide) groups is 1. The van der Waals surface area contributed by atoms with E-state index in [4.69, 9.17) is 14.2 Å². The van der Waals surface area contributed by atoms with E-state index in [9.17, 15) is 14.4 Å². The number of esters is 1. The summed E-state index contributed by atoms with van der Waals surface area (Å²) in [6.45, 7) is 3.54. The zero-order chi connectivity index (χ0) is 23.4. The second-order valence-electron chi connectivity index (χ2n) is 6.83. The van der Waals surface area contributed by atoms with Gasteiger partial charge < -0.3 is 24.1 Å². The Labute approximate surface area is 197 Å². The summed E-state index contributed by atoms with van der Waals surface area (Å²) in [6.07, 6.45) is 0. The number of ketones is 1. The summed E-state index contributed by atoms with van der Waals surface area (Å²) in [7, 11) is 0. The first-order valence-electron chi connectivity index (χ1n) is 9.96. The van der Waals surface area contributed by atoms with E-state index < -0.39 is 18.5 Å². The molecular formula is C21H20N4O6S2. The van der Waals surface area contributed by atoms with Crippen LogP contribution in [0.2, 0.25) is 0 Å². The normalized spacial score (nSPS) is 11.9. The van der Waals surface area contributed by atoms with Gasteiger partial charge in [0.2, 0.25) is 6.79 Å². The first kappa shape index (κ1) is 22.8. The number of carbonyl (C=O) groups excluding carboxylic acids is 3. The Kier molecular flexibility index (Phi) is 6.94. The molecule has 4 rings (SSSR count). The molecule has 10 nitrogen and oxygen atoms in total. The van der Waals surface area contributed by atoms with Crippen LogP contribution in [-0.4, -0.2) is 51.6 Å². The molecular weight excluding hydrogens is 468 g/mol. The molecule has 1 aliphatic heterocycles. The molecule has 1 aliphatic rings. The molecule has 1 amide bonds. The van der Waals surface area contributed by atoms with Crippen LogP contribution in [0.4, 0.5) is 5.69 Å². The van der Waals surface area contributed by atoms with Crippen molar-refractivity contribution in [2.24, 2.45) is 0 Å². The van der Waals surface area contributed by atoms with E-state index in [-0.39, 0.29) is 29.6 Å². The molecule has 12 heteroatoms. The highest BCUT2D eigenvalue weighted by Gasteiger charge is 2.21. The van der Waals surface area contributed by atoms with Gasteiger partial charge in [-0.1, -0.05) is 17.8 Å². The molecule has 0 saturated heterocycles. The second kappa shape index (κ2) is 10.0. The molecule has 33 heavy (non-hydrogen) atoms. The largest absolute Gasteiger partial charge is 0.455 e. The van der Waals surface area contributed by atoms with Crippen LogP contribution in [0.1, 0.15) is 24.2 Å². The standard InChI is InChI=1S/C21H20N4O6S2/c1-3-25-20(17-5-4-6-32-17)23-24-21(25)33-10-19(28)29-9-18(27)22-14-8-16-15(30-11-31-16)7-13(14)12(2)26/h4-8H,3,9-11H2,1-2H3,(H,22,27). The highest BCUT2D eigenvalue weighted by molar-refractivity contribution is 7.99. The molecule has 0 saturated carbocycles. The van der Waals surface area contributed by atoms with Gasteiger partial charge in [0, 0.05) is 18.2 Å². The Balaban J connectivity index is 1.31. The van der Waals surface area contributed by atoms with Crippen molar-refractivity contribution in [2.45, 2.75) is 25.5 Å². The number of ether oxygens (including phenoxy) is 3. The summed E-state index contributed by atoms with van der Waals surface area (Å²) in [4.78, 5) is 37.4. The van der Waals surface area contributed by atoms with E-state index in [2.05, 4.69) is 15.5 Å². The number of Topliss-reactive ketones (excluding diaryl/α,β-unsaturated/α-hetero) is 1. The Morgan fingerprint density at radius 1 is 1.24 bits per heavy atom. The van der Waals surface area contributed by atoms with Crippen LogP contribution in [0.5, 0.6) is 11.5 Å². The van der Waals surface area contributed by atoms with E-state index in [0.717, 1.165) is 10.7 Å². The van der Waals surface area contributed by atoms with E-state index in [1.807, 2.05) is 29.0 Å². The van der Waals surface area contributed by atoms with Crippen molar-refractivity contribution in [3.63, 3.8) is 0 Å². The van der Waals surface area contributed by atoms with Gasteiger partial charge in [0.05, 0.1) is 16.3 Å². The Morgan fingerprint density at radius 3 is 2.73 bits per heavy atom. The van der Waals surface area contributed by atoms with Crippen molar-refractivity contribution in [3.05, 3.63) is 35.2 Å². The van der Waals surface area contributed by atoms with Crippen LogP contribution in [0.3, 0.4) is 0 Å². The lowest BCUT2D eigenvalue weighted by Gasteiger charge is -2.11. The summed E-state index contributed by atoms with van der Waals surface area (Å²) in [5.41, 5.74) is 0.536. The minimum Gasteiger partial charge on any atom is -0.455 e. The summed E-state index contributed by atoms with van der Waals surface area (Å²) in [5, 5.41) is 13.5. The van der Waals surface area contributed by atoms with Gasteiger partial charge in [0.25, 0.3) is 5.91 Å². The van der Waals surface area contributed by atoms with Crippen LogP contribution in [-0.2, 0) is 20.9 Å². The average molecular weight is 489 g/mol. The lowest BCUT2D eigenvalue weighted by atomic mass is 10.1. The molecule has 1 N–H and O–H groups in total. The van der Waals surface area contributed by atoms with Crippen molar-refractivity contribution < 1.29 is 28.6 Å². The molecule has 0 radical (unpaired) electrons. The van der Waals surface area contributed by atoms with Crippen molar-refractivity contribution >= 4 is 46.4 Å². The fraction of sp³-hybridized carbons (Fsp3) is 0.286. The zero-order valence-electron chi connectivity index (χ0n) is 17.8. The first-order chi connectivity index (χ1) is 16.0. The van der Waals surface area contributed by atoms with Crippen LogP contribution in [0, 0.1) is 0 Å². The van der Waals surface area contributed by atoms with Crippen molar-refractivity contribution in [1.29, 1.82) is 0 Å². The molecule has 0 unspecified atom stereocenters. The van der Waals surface area contributed by atoms with Gasteiger partial charge in [-0.2, -0.15) is 0 Å². The van der Waals surface area contributed by atoms with Gasteiger partial charge in [-0.05, 0) is 31.4 Å². The number of anilines is 1. The number of nitrogens with zero attached hydrogens (tertiary/aromatic N) is 3. The maximum atomic E-state index is 12.3. The van der Waals surface area contributed by atoms with Gasteiger partial charge in [0.1, 0.15) is 0 Å². The number of thiophene rings is 1. The first-order valence-corrected chi connectivity index (χ1v) is 11.8. The molecule has 0 fully saturated rings. The van der Waals surface area contributed by atoms with Crippen molar-refractivity contribution in [1.82, 2.24) is 14.8 Å². The number of hydrogen-bond acceptors (Lipinski definition) is 10. The van der Waals surface area contributed by atoms with E-state index in [0.29, 0.717) is 23.2 Å². The van der Waals surface area contributed by atoms with E-state index in [1.165, 1.54) is 30.8 Å². The molecule has 2 aromatic heterocycles. The maximum Gasteiger partial charge on any atom is 0.316 e. The maximum absolute atomic E-state index is 12.3. The lowest BCUT2D eigenvalue weighted by molar-refractivity contribution is -0.144. The van der Waals surface area contributed by atoms with Gasteiger partial charge in [-0.3, -0.25) is 14.4 Å². The number of nitrogens with one attached hydrogen (secondary N) is 1. The van der Waals surface area contributed by atoms with Crippen LogP contribution in [0.15, 0.2) is 34.8 Å². The highest BCUT2D eigenvalue weighted by atomic mass is 32.2. The SMILES string of the molecule is CCn1c(SCC(=O)OCC(=O)Nc2cc3c(cc2C(C)=O)OCO3)nnc1-c1cccs1. The van der Waals surface area contributed by atoms with Crippen LogP contribution >= 0.6 is 23.1 Å². The molecule has 172 valence electrons. The van der Waals surface area contributed by atoms with Crippen LogP contribution in [0.25, 0.3) is 10.7 Å². The van der Waals surface area contributed by atoms with Gasteiger partial charge in [0.15, 0.2) is 34.9 Å². The Bertz CT molecular complexity index is 1190. The second-order valence-corrected chi connectivity index (χ2v) is 8.72. The third kappa shape index (κ3) is 5.17. The molecule has 1 aromatic carbocycles. The molecule has 3 heterocycles. The monoisotopic (exact) mass is 488 g/mol. The summed E-state index contributed by atoms with van der Waals surface area (Å²) < 4.78 is 17.5. The van der Waals surface area contributed by atoms with Crippen molar-refractivity contribution in [3.8, 4) is 22.2 Å². The molecule has 3 aromatic rings. The Hall–Kier alpha value is -3.38. The predicted molar refractivity (Wildman–Crippen MR) is 122 cm³/mol. The number of hydrogen-bond donors (Lipinski definition) is 1. The van der Waals surface area contributed by atoms with Crippen LogP contribution < -0.4 is 14.8 Å². The smallest absolute Gasteiger partial charge is 0.316 e. The third-order valence-electron chi connectivity index (χ3n) is 4.62. The highest BCUT2D eigenvalue weighted by Crippen LogP contribution is 2.37. The van der Waals surface area contributed by atoms with Gasteiger partial charge in [-0.15, -0.1) is 21.5 Å². The molecule has 0 bridgehead atoms. The molecule has 0 aliphatic carbocycles. The molecule has 0 spiro atoms. The number of aromatic nitrogens is 3.